The minimum Gasteiger partial charge on any atom is -0.491 e. The second kappa shape index (κ2) is 8.69. The lowest BCUT2D eigenvalue weighted by atomic mass is 10.1. The Kier molecular flexibility index (Phi) is 5.86. The van der Waals surface area contributed by atoms with Gasteiger partial charge in [0, 0.05) is 12.4 Å². The first-order chi connectivity index (χ1) is 13.3. The van der Waals surface area contributed by atoms with Crippen LogP contribution in [0.15, 0.2) is 47.6 Å². The van der Waals surface area contributed by atoms with E-state index >= 15 is 0 Å². The zero-order valence-corrected chi connectivity index (χ0v) is 15.7. The van der Waals surface area contributed by atoms with E-state index in [4.69, 9.17) is 9.47 Å². The van der Waals surface area contributed by atoms with E-state index in [0.717, 1.165) is 30.6 Å². The molecule has 1 aliphatic rings. The van der Waals surface area contributed by atoms with Crippen LogP contribution in [-0.4, -0.2) is 56.5 Å². The van der Waals surface area contributed by atoms with Gasteiger partial charge < -0.3 is 14.6 Å². The van der Waals surface area contributed by atoms with Gasteiger partial charge in [-0.15, -0.1) is 5.10 Å². The topological polar surface area (TPSA) is 82.3 Å². The second-order valence-electron chi connectivity index (χ2n) is 6.56. The lowest BCUT2D eigenvalue weighted by Crippen LogP contribution is -2.21. The van der Waals surface area contributed by atoms with Crippen LogP contribution in [0.1, 0.15) is 12.8 Å². The summed E-state index contributed by atoms with van der Waals surface area (Å²) in [5, 5.41) is 25.0. The summed E-state index contributed by atoms with van der Waals surface area (Å²) >= 11 is 1.42. The van der Waals surface area contributed by atoms with Gasteiger partial charge >= 0.3 is 0 Å². The first-order valence-corrected chi connectivity index (χ1v) is 10.1. The number of nitrogens with zero attached hydrogens (tertiary/aromatic N) is 4. The molecule has 142 valence electrons. The average Bonchev–Trinajstić information content (AvgIpc) is 3.37. The van der Waals surface area contributed by atoms with Gasteiger partial charge in [-0.2, -0.15) is 0 Å². The Morgan fingerprint density at radius 2 is 2.15 bits per heavy atom. The molecule has 2 heterocycles. The van der Waals surface area contributed by atoms with Gasteiger partial charge in [-0.1, -0.05) is 42.1 Å². The van der Waals surface area contributed by atoms with Crippen molar-refractivity contribution in [2.45, 2.75) is 36.8 Å². The maximum Gasteiger partial charge on any atom is 0.209 e. The summed E-state index contributed by atoms with van der Waals surface area (Å²) in [5.41, 5.74) is 0. The van der Waals surface area contributed by atoms with E-state index < -0.39 is 6.10 Å². The Morgan fingerprint density at radius 3 is 3.00 bits per heavy atom. The fraction of sp³-hybridized carbons (Fsp3) is 0.421. The van der Waals surface area contributed by atoms with Crippen molar-refractivity contribution in [3.63, 3.8) is 0 Å². The maximum absolute atomic E-state index is 10.2. The third-order valence-corrected chi connectivity index (χ3v) is 5.57. The van der Waals surface area contributed by atoms with Crippen LogP contribution >= 0.6 is 11.8 Å². The lowest BCUT2D eigenvalue weighted by Gasteiger charge is -2.13. The van der Waals surface area contributed by atoms with Crippen LogP contribution in [0, 0.1) is 0 Å². The smallest absolute Gasteiger partial charge is 0.209 e. The van der Waals surface area contributed by atoms with Crippen LogP contribution in [0.3, 0.4) is 0 Å². The number of rotatable bonds is 8. The van der Waals surface area contributed by atoms with E-state index in [-0.39, 0.29) is 12.7 Å². The number of hydrogen-bond acceptors (Lipinski definition) is 7. The normalized spacial score (nSPS) is 18.0. The predicted octanol–water partition coefficient (Wildman–Crippen LogP) is 2.54. The van der Waals surface area contributed by atoms with Crippen molar-refractivity contribution in [3.8, 4) is 5.75 Å². The SMILES string of the molecule is OC(COc1ccc2ccccc2c1)CSc1nnnn1CC1CCCO1. The van der Waals surface area contributed by atoms with Crippen molar-refractivity contribution in [3.05, 3.63) is 42.5 Å². The Bertz CT molecular complexity index is 882. The van der Waals surface area contributed by atoms with Crippen molar-refractivity contribution in [2.24, 2.45) is 0 Å². The van der Waals surface area contributed by atoms with Crippen molar-refractivity contribution in [2.75, 3.05) is 19.0 Å². The molecule has 0 radical (unpaired) electrons. The summed E-state index contributed by atoms with van der Waals surface area (Å²) < 4.78 is 13.1. The molecule has 0 aliphatic carbocycles. The van der Waals surface area contributed by atoms with Crippen LogP contribution in [0.2, 0.25) is 0 Å². The highest BCUT2D eigenvalue weighted by atomic mass is 32.2. The maximum atomic E-state index is 10.2. The summed E-state index contributed by atoms with van der Waals surface area (Å²) in [6, 6.07) is 14.0. The van der Waals surface area contributed by atoms with Crippen LogP contribution in [0.25, 0.3) is 10.8 Å². The van der Waals surface area contributed by atoms with Crippen LogP contribution in [0.5, 0.6) is 5.75 Å². The van der Waals surface area contributed by atoms with Gasteiger partial charge in [-0.05, 0) is 46.2 Å². The monoisotopic (exact) mass is 386 g/mol. The van der Waals surface area contributed by atoms with E-state index in [1.54, 1.807) is 4.68 Å². The van der Waals surface area contributed by atoms with E-state index in [2.05, 4.69) is 21.6 Å². The fourth-order valence-electron chi connectivity index (χ4n) is 3.06. The number of aromatic nitrogens is 4. The zero-order chi connectivity index (χ0) is 18.5. The molecular formula is C19H22N4O3S. The average molecular weight is 386 g/mol. The number of benzene rings is 2. The van der Waals surface area contributed by atoms with Crippen LogP contribution in [0.4, 0.5) is 0 Å². The minimum absolute atomic E-state index is 0.175. The minimum atomic E-state index is -0.616. The molecule has 0 spiro atoms. The molecule has 2 atom stereocenters. The van der Waals surface area contributed by atoms with E-state index in [1.807, 2.05) is 36.4 Å². The standard InChI is InChI=1S/C19H22N4O3S/c24-16(12-26-17-8-7-14-4-1-2-5-15(14)10-17)13-27-19-20-21-22-23(19)11-18-6-3-9-25-18/h1-2,4-5,7-8,10,16,18,24H,3,6,9,11-13H2. The summed E-state index contributed by atoms with van der Waals surface area (Å²) in [6.07, 6.45) is 1.68. The Hall–Kier alpha value is -2.16. The number of fused-ring (bicyclic) bond motifs is 1. The van der Waals surface area contributed by atoms with Gasteiger partial charge in [-0.3, -0.25) is 0 Å². The van der Waals surface area contributed by atoms with Gasteiger partial charge in [0.15, 0.2) is 0 Å². The molecule has 27 heavy (non-hydrogen) atoms. The van der Waals surface area contributed by atoms with Gasteiger partial charge in [0.05, 0.1) is 18.8 Å². The Labute approximate surface area is 161 Å². The van der Waals surface area contributed by atoms with Crippen LogP contribution in [-0.2, 0) is 11.3 Å². The molecule has 1 N–H and O–H groups in total. The van der Waals surface area contributed by atoms with Crippen molar-refractivity contribution >= 4 is 22.5 Å². The fourth-order valence-corrected chi connectivity index (χ4v) is 3.86. The number of aliphatic hydroxyl groups is 1. The molecule has 0 saturated carbocycles. The molecule has 1 saturated heterocycles. The molecule has 7 nitrogen and oxygen atoms in total. The Morgan fingerprint density at radius 1 is 1.26 bits per heavy atom. The molecule has 8 heteroatoms. The highest BCUT2D eigenvalue weighted by molar-refractivity contribution is 7.99. The van der Waals surface area contributed by atoms with Gasteiger partial charge in [0.25, 0.3) is 0 Å². The molecule has 2 unspecified atom stereocenters. The third kappa shape index (κ3) is 4.77. The molecule has 0 bridgehead atoms. The number of hydrogen-bond donors (Lipinski definition) is 1. The highest BCUT2D eigenvalue weighted by Gasteiger charge is 2.19. The van der Waals surface area contributed by atoms with Crippen molar-refractivity contribution < 1.29 is 14.6 Å². The molecule has 2 aromatic carbocycles. The molecule has 1 fully saturated rings. The van der Waals surface area contributed by atoms with E-state index in [0.29, 0.717) is 17.5 Å². The van der Waals surface area contributed by atoms with Crippen molar-refractivity contribution in [1.82, 2.24) is 20.2 Å². The van der Waals surface area contributed by atoms with Gasteiger partial charge in [0.1, 0.15) is 12.4 Å². The van der Waals surface area contributed by atoms with E-state index in [1.165, 1.54) is 17.1 Å². The summed E-state index contributed by atoms with van der Waals surface area (Å²) in [4.78, 5) is 0. The van der Waals surface area contributed by atoms with Gasteiger partial charge in [-0.25, -0.2) is 4.68 Å². The molecule has 1 aliphatic heterocycles. The highest BCUT2D eigenvalue weighted by Crippen LogP contribution is 2.22. The number of tetrazole rings is 1. The van der Waals surface area contributed by atoms with Crippen molar-refractivity contribution in [1.29, 1.82) is 0 Å². The van der Waals surface area contributed by atoms with E-state index in [9.17, 15) is 5.11 Å². The Balaban J connectivity index is 1.27. The number of aliphatic hydroxyl groups excluding tert-OH is 1. The lowest BCUT2D eigenvalue weighted by molar-refractivity contribution is 0.0911. The first-order valence-electron chi connectivity index (χ1n) is 9.08. The zero-order valence-electron chi connectivity index (χ0n) is 14.9. The number of ether oxygens (including phenoxy) is 2. The summed E-state index contributed by atoms with van der Waals surface area (Å²) in [7, 11) is 0. The molecular weight excluding hydrogens is 364 g/mol. The first kappa shape index (κ1) is 18.2. The largest absolute Gasteiger partial charge is 0.491 e. The number of thioether (sulfide) groups is 1. The third-order valence-electron chi connectivity index (χ3n) is 4.47. The predicted molar refractivity (Wildman–Crippen MR) is 103 cm³/mol. The summed E-state index contributed by atoms with van der Waals surface area (Å²) in [6.45, 7) is 1.68. The van der Waals surface area contributed by atoms with Gasteiger partial charge in [0.2, 0.25) is 5.16 Å². The molecule has 1 aromatic heterocycles. The molecule has 3 aromatic rings. The van der Waals surface area contributed by atoms with Crippen LogP contribution < -0.4 is 4.74 Å². The summed E-state index contributed by atoms with van der Waals surface area (Å²) in [5.74, 6) is 1.21. The quantitative estimate of drug-likeness (QED) is 0.596. The molecule has 0 amide bonds. The second-order valence-corrected chi connectivity index (χ2v) is 7.55. The molecule has 4 rings (SSSR count).